The smallest absolute Gasteiger partial charge is 0.303 e. The number of hydrogen-bond donors (Lipinski definition) is 2. The van der Waals surface area contributed by atoms with Crippen molar-refractivity contribution in [3.8, 4) is 5.75 Å². The van der Waals surface area contributed by atoms with E-state index in [9.17, 15) is 14.4 Å². The highest BCUT2D eigenvalue weighted by atomic mass is 16.5. The zero-order chi connectivity index (χ0) is 22.0. The maximum absolute atomic E-state index is 13.0. The quantitative estimate of drug-likeness (QED) is 0.635. The molecule has 1 amide bonds. The molecule has 8 nitrogen and oxygen atoms in total. The van der Waals surface area contributed by atoms with Gasteiger partial charge in [-0.05, 0) is 54.0 Å². The molecule has 0 unspecified atom stereocenters. The fourth-order valence-electron chi connectivity index (χ4n) is 3.61. The standard InChI is InChI=1S/C23H21N3O5/c1-31-17-4-2-3-14(12-17)11-15-9-10-26-22(15)25-19-13-16(5-6-18(19)23(26)30)24-20(27)7-8-21(28)29/h2-6,11-13H,7-10H2,1H3,(H,24,27)(H,28,29)/b15-11+. The van der Waals surface area contributed by atoms with Gasteiger partial charge < -0.3 is 15.2 Å². The second-order valence-electron chi connectivity index (χ2n) is 7.26. The highest BCUT2D eigenvalue weighted by Gasteiger charge is 2.21. The molecule has 0 fully saturated rings. The summed E-state index contributed by atoms with van der Waals surface area (Å²) >= 11 is 0. The van der Waals surface area contributed by atoms with E-state index in [2.05, 4.69) is 5.32 Å². The third kappa shape index (κ3) is 4.32. The van der Waals surface area contributed by atoms with Crippen LogP contribution in [0.2, 0.25) is 0 Å². The van der Waals surface area contributed by atoms with Gasteiger partial charge in [0.05, 0.1) is 24.4 Å². The van der Waals surface area contributed by atoms with Crippen molar-refractivity contribution in [3.63, 3.8) is 0 Å². The minimum atomic E-state index is -1.03. The van der Waals surface area contributed by atoms with Crippen LogP contribution in [-0.4, -0.2) is 33.6 Å². The Morgan fingerprint density at radius 1 is 1.23 bits per heavy atom. The molecule has 2 heterocycles. The number of aromatic nitrogens is 2. The summed E-state index contributed by atoms with van der Waals surface area (Å²) in [6.07, 6.45) is 2.32. The lowest BCUT2D eigenvalue weighted by atomic mass is 10.1. The van der Waals surface area contributed by atoms with Gasteiger partial charge in [0.1, 0.15) is 11.6 Å². The fraction of sp³-hybridized carbons (Fsp3) is 0.217. The number of rotatable bonds is 6. The number of aliphatic carboxylic acids is 1. The van der Waals surface area contributed by atoms with E-state index < -0.39 is 11.9 Å². The number of carboxylic acid groups (broad SMARTS) is 1. The van der Waals surface area contributed by atoms with Crippen molar-refractivity contribution >= 4 is 40.1 Å². The Morgan fingerprint density at radius 3 is 2.84 bits per heavy atom. The minimum Gasteiger partial charge on any atom is -0.497 e. The summed E-state index contributed by atoms with van der Waals surface area (Å²) in [6.45, 7) is 0.556. The van der Waals surface area contributed by atoms with Gasteiger partial charge in [-0.1, -0.05) is 12.1 Å². The molecule has 1 aliphatic heterocycles. The summed E-state index contributed by atoms with van der Waals surface area (Å²) < 4.78 is 6.94. The molecule has 0 radical (unpaired) electrons. The summed E-state index contributed by atoms with van der Waals surface area (Å²) in [5, 5.41) is 11.8. The van der Waals surface area contributed by atoms with Crippen LogP contribution in [0.3, 0.4) is 0 Å². The SMILES string of the molecule is COc1cccc(/C=C2\CCn3c2nc2cc(NC(=O)CCC(=O)O)ccc2c3=O)c1. The molecule has 0 saturated heterocycles. The highest BCUT2D eigenvalue weighted by Crippen LogP contribution is 2.29. The molecule has 4 rings (SSSR count). The van der Waals surface area contributed by atoms with Crippen LogP contribution in [0.4, 0.5) is 5.69 Å². The number of nitrogens with zero attached hydrogens (tertiary/aromatic N) is 2. The molecule has 1 aliphatic rings. The molecule has 8 heteroatoms. The zero-order valence-corrected chi connectivity index (χ0v) is 16.9. The first-order chi connectivity index (χ1) is 14.9. The molecule has 2 N–H and O–H groups in total. The fourth-order valence-corrected chi connectivity index (χ4v) is 3.61. The van der Waals surface area contributed by atoms with Crippen molar-refractivity contribution in [2.24, 2.45) is 0 Å². The lowest BCUT2D eigenvalue weighted by molar-refractivity contribution is -0.138. The summed E-state index contributed by atoms with van der Waals surface area (Å²) in [5.74, 6) is -0.0818. The van der Waals surface area contributed by atoms with E-state index in [1.807, 2.05) is 30.3 Å². The van der Waals surface area contributed by atoms with E-state index >= 15 is 0 Å². The summed E-state index contributed by atoms with van der Waals surface area (Å²) in [7, 11) is 1.61. The van der Waals surface area contributed by atoms with E-state index in [1.54, 1.807) is 29.9 Å². The molecular formula is C23H21N3O5. The Hall–Kier alpha value is -3.94. The first-order valence-corrected chi connectivity index (χ1v) is 9.86. The molecule has 1 aromatic heterocycles. The lowest BCUT2D eigenvalue weighted by Crippen LogP contribution is -2.21. The minimum absolute atomic E-state index is 0.124. The van der Waals surface area contributed by atoms with Crippen molar-refractivity contribution in [2.75, 3.05) is 12.4 Å². The van der Waals surface area contributed by atoms with Gasteiger partial charge in [-0.25, -0.2) is 4.98 Å². The number of carbonyl (C=O) groups is 2. The van der Waals surface area contributed by atoms with Crippen LogP contribution in [0, 0.1) is 0 Å². The van der Waals surface area contributed by atoms with Crippen molar-refractivity contribution in [1.82, 2.24) is 9.55 Å². The number of allylic oxidation sites excluding steroid dienone is 1. The van der Waals surface area contributed by atoms with Gasteiger partial charge in [0, 0.05) is 18.7 Å². The summed E-state index contributed by atoms with van der Waals surface area (Å²) in [4.78, 5) is 40.2. The highest BCUT2D eigenvalue weighted by molar-refractivity contribution is 5.95. The molecule has 0 saturated carbocycles. The maximum Gasteiger partial charge on any atom is 0.303 e. The average Bonchev–Trinajstić information content (AvgIpc) is 3.15. The molecule has 3 aromatic rings. The van der Waals surface area contributed by atoms with Crippen molar-refractivity contribution in [1.29, 1.82) is 0 Å². The van der Waals surface area contributed by atoms with Gasteiger partial charge >= 0.3 is 5.97 Å². The van der Waals surface area contributed by atoms with Crippen molar-refractivity contribution < 1.29 is 19.4 Å². The summed E-state index contributed by atoms with van der Waals surface area (Å²) in [5.41, 5.74) is 2.72. The second kappa shape index (κ2) is 8.43. The predicted octanol–water partition coefficient (Wildman–Crippen LogP) is 3.15. The number of benzene rings is 2. The topological polar surface area (TPSA) is 111 Å². The van der Waals surface area contributed by atoms with E-state index in [1.165, 1.54) is 0 Å². The van der Waals surface area contributed by atoms with E-state index in [-0.39, 0.29) is 18.4 Å². The van der Waals surface area contributed by atoms with Crippen LogP contribution in [0.15, 0.2) is 47.3 Å². The van der Waals surface area contributed by atoms with Crippen LogP contribution in [0.1, 0.15) is 30.7 Å². The Labute approximate surface area is 177 Å². The second-order valence-corrected chi connectivity index (χ2v) is 7.26. The third-order valence-electron chi connectivity index (χ3n) is 5.13. The molecule has 2 aromatic carbocycles. The van der Waals surface area contributed by atoms with E-state index in [4.69, 9.17) is 14.8 Å². The number of anilines is 1. The molecule has 0 spiro atoms. The number of methoxy groups -OCH3 is 1. The van der Waals surface area contributed by atoms with Crippen LogP contribution in [-0.2, 0) is 16.1 Å². The number of amides is 1. The van der Waals surface area contributed by atoms with Crippen LogP contribution in [0.25, 0.3) is 22.6 Å². The van der Waals surface area contributed by atoms with Gasteiger partial charge in [0.25, 0.3) is 5.56 Å². The Bertz CT molecular complexity index is 1280. The number of hydrogen-bond acceptors (Lipinski definition) is 5. The number of carboxylic acids is 1. The van der Waals surface area contributed by atoms with Gasteiger partial charge in [0.15, 0.2) is 0 Å². The monoisotopic (exact) mass is 419 g/mol. The number of nitrogens with one attached hydrogen (secondary N) is 1. The molecular weight excluding hydrogens is 398 g/mol. The van der Waals surface area contributed by atoms with E-state index in [0.29, 0.717) is 35.4 Å². The first kappa shape index (κ1) is 20.3. The Balaban J connectivity index is 1.68. The summed E-state index contributed by atoms with van der Waals surface area (Å²) in [6, 6.07) is 12.5. The molecule has 0 bridgehead atoms. The van der Waals surface area contributed by atoms with Crippen LogP contribution < -0.4 is 15.6 Å². The predicted molar refractivity (Wildman–Crippen MR) is 117 cm³/mol. The Morgan fingerprint density at radius 2 is 2.06 bits per heavy atom. The first-order valence-electron chi connectivity index (χ1n) is 9.86. The molecule has 0 aliphatic carbocycles. The largest absolute Gasteiger partial charge is 0.497 e. The number of ether oxygens (including phenoxy) is 1. The molecule has 31 heavy (non-hydrogen) atoms. The van der Waals surface area contributed by atoms with Crippen LogP contribution in [0.5, 0.6) is 5.75 Å². The molecule has 158 valence electrons. The lowest BCUT2D eigenvalue weighted by Gasteiger charge is -2.09. The van der Waals surface area contributed by atoms with Gasteiger partial charge in [-0.3, -0.25) is 19.0 Å². The van der Waals surface area contributed by atoms with Gasteiger partial charge in [-0.15, -0.1) is 0 Å². The zero-order valence-electron chi connectivity index (χ0n) is 16.9. The Kier molecular flexibility index (Phi) is 5.53. The normalized spacial score (nSPS) is 13.9. The number of carbonyl (C=O) groups excluding carboxylic acids is 1. The number of fused-ring (bicyclic) bond motifs is 2. The molecule has 0 atom stereocenters. The van der Waals surface area contributed by atoms with Crippen molar-refractivity contribution in [3.05, 3.63) is 64.2 Å². The maximum atomic E-state index is 13.0. The van der Waals surface area contributed by atoms with E-state index in [0.717, 1.165) is 16.9 Å². The third-order valence-corrected chi connectivity index (χ3v) is 5.13. The van der Waals surface area contributed by atoms with Crippen molar-refractivity contribution in [2.45, 2.75) is 25.8 Å². The average molecular weight is 419 g/mol. The van der Waals surface area contributed by atoms with Gasteiger partial charge in [0.2, 0.25) is 5.91 Å². The van der Waals surface area contributed by atoms with Gasteiger partial charge in [-0.2, -0.15) is 0 Å². The van der Waals surface area contributed by atoms with Crippen LogP contribution >= 0.6 is 0 Å².